The topological polar surface area (TPSA) is 79.4 Å². The molecule has 0 atom stereocenters. The molecule has 2 aromatic carbocycles. The van der Waals surface area contributed by atoms with Gasteiger partial charge in [0.25, 0.3) is 5.91 Å². The number of benzene rings is 2. The van der Waals surface area contributed by atoms with Crippen LogP contribution in [0.1, 0.15) is 29.2 Å². The standard InChI is InChI=1S/C21H21Cl2N3O3S2/c1-4-26(5-2)31(28,29)16-9-10-17(23)18(12-16)25-20(27)19-13(3)24-21(30-19)14-7-6-8-15(22)11-14/h6-12H,4-5H2,1-3H3,(H,25,27). The Hall–Kier alpha value is -1.97. The Kier molecular flexibility index (Phi) is 7.39. The SMILES string of the molecule is CCN(CC)S(=O)(=O)c1ccc(Cl)c(NC(=O)c2sc(-c3cccc(Cl)c3)nc2C)c1. The molecule has 1 amide bonds. The number of rotatable bonds is 7. The lowest BCUT2D eigenvalue weighted by Crippen LogP contribution is -2.30. The van der Waals surface area contributed by atoms with Gasteiger partial charge in [0.2, 0.25) is 10.0 Å². The molecule has 0 bridgehead atoms. The molecule has 0 spiro atoms. The predicted molar refractivity (Wildman–Crippen MR) is 127 cm³/mol. The van der Waals surface area contributed by atoms with E-state index in [2.05, 4.69) is 10.3 Å². The second kappa shape index (κ2) is 9.67. The molecule has 3 rings (SSSR count). The molecule has 3 aromatic rings. The molecule has 0 aliphatic carbocycles. The number of hydrogen-bond acceptors (Lipinski definition) is 5. The van der Waals surface area contributed by atoms with Gasteiger partial charge >= 0.3 is 0 Å². The summed E-state index contributed by atoms with van der Waals surface area (Å²) in [5, 5.41) is 4.20. The molecule has 0 radical (unpaired) electrons. The molecule has 6 nitrogen and oxygen atoms in total. The molecule has 1 heterocycles. The average molecular weight is 498 g/mol. The van der Waals surface area contributed by atoms with E-state index in [0.29, 0.717) is 33.7 Å². The minimum Gasteiger partial charge on any atom is -0.320 e. The number of aryl methyl sites for hydroxylation is 1. The Morgan fingerprint density at radius 3 is 2.48 bits per heavy atom. The molecule has 1 aromatic heterocycles. The van der Waals surface area contributed by atoms with Crippen molar-refractivity contribution < 1.29 is 13.2 Å². The number of anilines is 1. The Balaban J connectivity index is 1.91. The molecule has 31 heavy (non-hydrogen) atoms. The molecule has 10 heteroatoms. The van der Waals surface area contributed by atoms with E-state index in [4.69, 9.17) is 23.2 Å². The van der Waals surface area contributed by atoms with Crippen LogP contribution in [0.4, 0.5) is 5.69 Å². The van der Waals surface area contributed by atoms with E-state index in [1.54, 1.807) is 32.9 Å². The first-order valence-electron chi connectivity index (χ1n) is 9.51. The summed E-state index contributed by atoms with van der Waals surface area (Å²) in [5.74, 6) is -0.414. The number of halogens is 2. The highest BCUT2D eigenvalue weighted by Gasteiger charge is 2.24. The summed E-state index contributed by atoms with van der Waals surface area (Å²) < 4.78 is 27.0. The van der Waals surface area contributed by atoms with Gasteiger partial charge in [-0.05, 0) is 37.3 Å². The fourth-order valence-electron chi connectivity index (χ4n) is 3.00. The van der Waals surface area contributed by atoms with E-state index in [1.807, 2.05) is 12.1 Å². The Bertz CT molecular complexity index is 1220. The summed E-state index contributed by atoms with van der Waals surface area (Å²) in [5.41, 5.74) is 1.59. The van der Waals surface area contributed by atoms with Crippen molar-refractivity contribution in [1.82, 2.24) is 9.29 Å². The molecule has 164 valence electrons. The third kappa shape index (κ3) is 5.10. The van der Waals surface area contributed by atoms with Crippen LogP contribution in [0.5, 0.6) is 0 Å². The van der Waals surface area contributed by atoms with Crippen LogP contribution < -0.4 is 5.32 Å². The van der Waals surface area contributed by atoms with E-state index < -0.39 is 15.9 Å². The first kappa shape index (κ1) is 23.7. The number of hydrogen-bond donors (Lipinski definition) is 1. The number of nitrogens with zero attached hydrogens (tertiary/aromatic N) is 2. The largest absolute Gasteiger partial charge is 0.320 e. The minimum atomic E-state index is -3.68. The number of sulfonamides is 1. The van der Waals surface area contributed by atoms with Crippen LogP contribution in [-0.4, -0.2) is 36.7 Å². The van der Waals surface area contributed by atoms with Gasteiger partial charge in [-0.2, -0.15) is 4.31 Å². The maximum absolute atomic E-state index is 12.9. The summed E-state index contributed by atoms with van der Waals surface area (Å²) in [6.07, 6.45) is 0. The summed E-state index contributed by atoms with van der Waals surface area (Å²) in [4.78, 5) is 17.9. The van der Waals surface area contributed by atoms with E-state index in [0.717, 1.165) is 5.56 Å². The Morgan fingerprint density at radius 2 is 1.84 bits per heavy atom. The van der Waals surface area contributed by atoms with E-state index >= 15 is 0 Å². The van der Waals surface area contributed by atoms with Crippen LogP contribution in [0.2, 0.25) is 10.0 Å². The second-order valence-electron chi connectivity index (χ2n) is 6.63. The van der Waals surface area contributed by atoms with Crippen LogP contribution in [-0.2, 0) is 10.0 Å². The third-order valence-electron chi connectivity index (χ3n) is 4.60. The van der Waals surface area contributed by atoms with Crippen LogP contribution in [0.15, 0.2) is 47.4 Å². The minimum absolute atomic E-state index is 0.0662. The van der Waals surface area contributed by atoms with Crippen LogP contribution >= 0.6 is 34.5 Å². The third-order valence-corrected chi connectivity index (χ3v) is 8.42. The normalized spacial score (nSPS) is 11.7. The van der Waals surface area contributed by atoms with Gasteiger partial charge in [-0.15, -0.1) is 11.3 Å². The van der Waals surface area contributed by atoms with Crippen LogP contribution in [0, 0.1) is 6.92 Å². The molecular weight excluding hydrogens is 477 g/mol. The van der Waals surface area contributed by atoms with Crippen molar-refractivity contribution in [2.24, 2.45) is 0 Å². The number of aromatic nitrogens is 1. The van der Waals surface area contributed by atoms with Gasteiger partial charge in [0, 0.05) is 23.7 Å². The Labute approximate surface area is 195 Å². The number of thiazole rings is 1. The quantitative estimate of drug-likeness (QED) is 0.453. The van der Waals surface area contributed by atoms with Gasteiger partial charge in [-0.3, -0.25) is 4.79 Å². The van der Waals surface area contributed by atoms with Crippen molar-refractivity contribution in [2.45, 2.75) is 25.7 Å². The molecule has 0 saturated heterocycles. The molecule has 0 aliphatic heterocycles. The Morgan fingerprint density at radius 1 is 1.13 bits per heavy atom. The van der Waals surface area contributed by atoms with Crippen molar-refractivity contribution in [3.8, 4) is 10.6 Å². The number of carbonyl (C=O) groups excluding carboxylic acids is 1. The maximum atomic E-state index is 12.9. The summed E-state index contributed by atoms with van der Waals surface area (Å²) in [6.45, 7) is 5.96. The van der Waals surface area contributed by atoms with Crippen LogP contribution in [0.3, 0.4) is 0 Å². The zero-order valence-electron chi connectivity index (χ0n) is 17.1. The fourth-order valence-corrected chi connectivity index (χ4v) is 5.80. The van der Waals surface area contributed by atoms with Crippen molar-refractivity contribution in [1.29, 1.82) is 0 Å². The first-order chi connectivity index (χ1) is 14.7. The lowest BCUT2D eigenvalue weighted by atomic mass is 10.2. The van der Waals surface area contributed by atoms with Crippen molar-refractivity contribution >= 4 is 56.2 Å². The zero-order valence-corrected chi connectivity index (χ0v) is 20.3. The van der Waals surface area contributed by atoms with Crippen molar-refractivity contribution in [3.05, 3.63) is 63.1 Å². The van der Waals surface area contributed by atoms with Gasteiger partial charge in [-0.25, -0.2) is 13.4 Å². The lowest BCUT2D eigenvalue weighted by Gasteiger charge is -2.19. The number of carbonyl (C=O) groups is 1. The van der Waals surface area contributed by atoms with E-state index in [1.165, 1.54) is 33.8 Å². The monoisotopic (exact) mass is 497 g/mol. The highest BCUT2D eigenvalue weighted by molar-refractivity contribution is 7.89. The molecular formula is C21H21Cl2N3O3S2. The van der Waals surface area contributed by atoms with Gasteiger partial charge in [0.15, 0.2) is 0 Å². The lowest BCUT2D eigenvalue weighted by molar-refractivity contribution is 0.102. The first-order valence-corrected chi connectivity index (χ1v) is 12.5. The van der Waals surface area contributed by atoms with E-state index in [9.17, 15) is 13.2 Å². The summed E-state index contributed by atoms with van der Waals surface area (Å²) in [6, 6.07) is 11.5. The van der Waals surface area contributed by atoms with Gasteiger partial charge in [0.05, 0.1) is 21.3 Å². The molecule has 1 N–H and O–H groups in total. The van der Waals surface area contributed by atoms with Crippen molar-refractivity contribution in [2.75, 3.05) is 18.4 Å². The maximum Gasteiger partial charge on any atom is 0.267 e. The molecule has 0 aliphatic rings. The molecule has 0 saturated carbocycles. The molecule has 0 unspecified atom stereocenters. The van der Waals surface area contributed by atoms with Gasteiger partial charge in [0.1, 0.15) is 9.88 Å². The average Bonchev–Trinajstić information content (AvgIpc) is 3.12. The van der Waals surface area contributed by atoms with Gasteiger partial charge < -0.3 is 5.32 Å². The second-order valence-corrected chi connectivity index (χ2v) is 10.4. The zero-order chi connectivity index (χ0) is 22.8. The smallest absolute Gasteiger partial charge is 0.267 e. The fraction of sp³-hybridized carbons (Fsp3) is 0.238. The van der Waals surface area contributed by atoms with Gasteiger partial charge in [-0.1, -0.05) is 49.2 Å². The predicted octanol–water partition coefficient (Wildman–Crippen LogP) is 5.71. The summed E-state index contributed by atoms with van der Waals surface area (Å²) in [7, 11) is -3.68. The highest BCUT2D eigenvalue weighted by Crippen LogP contribution is 2.32. The number of amides is 1. The van der Waals surface area contributed by atoms with Crippen molar-refractivity contribution in [3.63, 3.8) is 0 Å². The summed E-state index contributed by atoms with van der Waals surface area (Å²) >= 11 is 13.5. The van der Waals surface area contributed by atoms with E-state index in [-0.39, 0.29) is 15.6 Å². The number of nitrogens with one attached hydrogen (secondary N) is 1. The highest BCUT2D eigenvalue weighted by atomic mass is 35.5. The van der Waals surface area contributed by atoms with Crippen LogP contribution in [0.25, 0.3) is 10.6 Å². The molecule has 0 fully saturated rings.